The topological polar surface area (TPSA) is 33.6 Å². The molecule has 1 aliphatic rings. The Hall–Kier alpha value is -2.46. The highest BCUT2D eigenvalue weighted by molar-refractivity contribution is 7.71. The van der Waals surface area contributed by atoms with Crippen LogP contribution in [0.25, 0.3) is 12.2 Å². The zero-order valence-electron chi connectivity index (χ0n) is 13.4. The molecule has 1 aromatic heterocycles. The molecule has 0 radical (unpaired) electrons. The molecule has 0 saturated heterocycles. The minimum absolute atomic E-state index is 0.267. The predicted molar refractivity (Wildman–Crippen MR) is 99.5 cm³/mol. The fourth-order valence-corrected chi connectivity index (χ4v) is 3.51. The van der Waals surface area contributed by atoms with E-state index in [1.807, 2.05) is 6.07 Å². The van der Waals surface area contributed by atoms with Crippen molar-refractivity contribution in [3.05, 3.63) is 81.2 Å². The predicted octanol–water partition coefficient (Wildman–Crippen LogP) is 2.93. The third-order valence-corrected chi connectivity index (χ3v) is 4.87. The maximum absolute atomic E-state index is 5.46. The fourth-order valence-electron chi connectivity index (χ4n) is 3.28. The number of nitrogens with one attached hydrogen (secondary N) is 1. The van der Waals surface area contributed by atoms with Gasteiger partial charge in [-0.15, -0.1) is 0 Å². The first kappa shape index (κ1) is 15.1. The maximum atomic E-state index is 5.46. The minimum Gasteiger partial charge on any atom is -0.303 e. The van der Waals surface area contributed by atoms with Gasteiger partial charge in [0.1, 0.15) is 5.82 Å². The Kier molecular flexibility index (Phi) is 4.13. The van der Waals surface area contributed by atoms with E-state index in [4.69, 9.17) is 12.2 Å². The molecule has 0 amide bonds. The van der Waals surface area contributed by atoms with Crippen molar-refractivity contribution in [2.75, 3.05) is 0 Å². The molecule has 2 aromatic carbocycles. The highest BCUT2D eigenvalue weighted by Gasteiger charge is 2.17. The number of H-pyrrole nitrogens is 1. The molecule has 3 nitrogen and oxygen atoms in total. The number of hydrogen-bond acceptors (Lipinski definition) is 2. The van der Waals surface area contributed by atoms with Crippen molar-refractivity contribution in [3.8, 4) is 0 Å². The van der Waals surface area contributed by atoms with Gasteiger partial charge in [0.2, 0.25) is 0 Å². The third kappa shape index (κ3) is 2.97. The number of aryl methyl sites for hydroxylation is 1. The Morgan fingerprint density at radius 2 is 1.79 bits per heavy atom. The second-order valence-corrected chi connectivity index (χ2v) is 6.50. The molecule has 4 rings (SSSR count). The lowest BCUT2D eigenvalue weighted by Gasteiger charge is -2.15. The number of rotatable bonds is 4. The molecule has 4 heteroatoms. The van der Waals surface area contributed by atoms with Gasteiger partial charge in [0.05, 0.1) is 0 Å². The summed E-state index contributed by atoms with van der Waals surface area (Å²) in [5.41, 5.74) is 1.32. The molecule has 0 fully saturated rings. The van der Waals surface area contributed by atoms with E-state index in [-0.39, 0.29) is 5.92 Å². The van der Waals surface area contributed by atoms with Crippen LogP contribution in [0.2, 0.25) is 0 Å². The average molecular weight is 333 g/mol. The summed E-state index contributed by atoms with van der Waals surface area (Å²) >= 11 is 5.46. The molecular formula is C20H19N3S. The van der Waals surface area contributed by atoms with E-state index in [1.165, 1.54) is 16.0 Å². The number of nitrogens with zero attached hydrogens (tertiary/aromatic N) is 2. The van der Waals surface area contributed by atoms with Crippen molar-refractivity contribution < 1.29 is 0 Å². The number of benzene rings is 2. The highest BCUT2D eigenvalue weighted by atomic mass is 32.1. The summed E-state index contributed by atoms with van der Waals surface area (Å²) in [5, 5.41) is 10.1. The van der Waals surface area contributed by atoms with Gasteiger partial charge in [-0.2, -0.15) is 5.10 Å². The first-order valence-electron chi connectivity index (χ1n) is 8.27. The summed E-state index contributed by atoms with van der Waals surface area (Å²) in [7, 11) is 0. The largest absolute Gasteiger partial charge is 0.303 e. The van der Waals surface area contributed by atoms with Crippen LogP contribution in [0.3, 0.4) is 0 Å². The van der Waals surface area contributed by atoms with Crippen LogP contribution in [0.1, 0.15) is 23.7 Å². The summed E-state index contributed by atoms with van der Waals surface area (Å²) in [5.74, 6) is 1.30. The van der Waals surface area contributed by atoms with E-state index in [1.54, 1.807) is 0 Å². The lowest BCUT2D eigenvalue weighted by molar-refractivity contribution is 0.628. The molecule has 1 unspecified atom stereocenters. The molecule has 1 N–H and O–H groups in total. The molecule has 1 heterocycles. The lowest BCUT2D eigenvalue weighted by atomic mass is 9.96. The Balaban J connectivity index is 1.63. The lowest BCUT2D eigenvalue weighted by Crippen LogP contribution is -2.28. The summed E-state index contributed by atoms with van der Waals surface area (Å²) in [6.45, 7) is 0.848. The van der Waals surface area contributed by atoms with Crippen LogP contribution in [-0.4, -0.2) is 14.8 Å². The van der Waals surface area contributed by atoms with Gasteiger partial charge in [-0.1, -0.05) is 66.7 Å². The zero-order valence-corrected chi connectivity index (χ0v) is 14.2. The van der Waals surface area contributed by atoms with E-state index < -0.39 is 0 Å². The van der Waals surface area contributed by atoms with Gasteiger partial charge in [-0.25, -0.2) is 0 Å². The van der Waals surface area contributed by atoms with Crippen LogP contribution in [-0.2, 0) is 13.0 Å². The second kappa shape index (κ2) is 6.57. The number of fused-ring (bicyclic) bond motifs is 1. The van der Waals surface area contributed by atoms with Gasteiger partial charge in [0.15, 0.2) is 4.77 Å². The minimum atomic E-state index is 0.267. The summed E-state index contributed by atoms with van der Waals surface area (Å²) < 4.78 is 2.85. The molecule has 120 valence electrons. The van der Waals surface area contributed by atoms with E-state index in [0.717, 1.165) is 25.2 Å². The van der Waals surface area contributed by atoms with Crippen LogP contribution in [0, 0.1) is 4.77 Å². The van der Waals surface area contributed by atoms with E-state index in [2.05, 4.69) is 75.4 Å². The smallest absolute Gasteiger partial charge is 0.195 e. The molecule has 3 aromatic rings. The van der Waals surface area contributed by atoms with Crippen molar-refractivity contribution in [2.45, 2.75) is 25.3 Å². The number of hydrogen-bond donors (Lipinski definition) is 1. The fraction of sp³-hybridized carbons (Fsp3) is 0.200. The molecule has 0 spiro atoms. The molecule has 1 atom stereocenters. The summed E-state index contributed by atoms with van der Waals surface area (Å²) in [6.07, 6.45) is 6.51. The van der Waals surface area contributed by atoms with Crippen molar-refractivity contribution in [3.63, 3.8) is 0 Å². The van der Waals surface area contributed by atoms with Crippen molar-refractivity contribution >= 4 is 24.4 Å². The molecule has 0 bridgehead atoms. The molecule has 24 heavy (non-hydrogen) atoms. The van der Waals surface area contributed by atoms with Gasteiger partial charge in [0, 0.05) is 12.5 Å². The van der Waals surface area contributed by atoms with Crippen LogP contribution in [0.4, 0.5) is 0 Å². The molecule has 0 aliphatic heterocycles. The zero-order chi connectivity index (χ0) is 16.4. The van der Waals surface area contributed by atoms with Crippen LogP contribution >= 0.6 is 12.2 Å². The molecule has 0 saturated carbocycles. The Morgan fingerprint density at radius 1 is 1.04 bits per heavy atom. The number of aromatic amines is 1. The second-order valence-electron chi connectivity index (χ2n) is 6.12. The van der Waals surface area contributed by atoms with Gasteiger partial charge in [-0.3, -0.25) is 5.10 Å². The monoisotopic (exact) mass is 333 g/mol. The molecule has 1 aliphatic carbocycles. The van der Waals surface area contributed by atoms with E-state index in [0.29, 0.717) is 4.77 Å². The van der Waals surface area contributed by atoms with Gasteiger partial charge in [-0.05, 0) is 41.1 Å². The third-order valence-electron chi connectivity index (χ3n) is 4.55. The highest BCUT2D eigenvalue weighted by Crippen LogP contribution is 2.22. The van der Waals surface area contributed by atoms with Crippen LogP contribution in [0.5, 0.6) is 0 Å². The van der Waals surface area contributed by atoms with Crippen LogP contribution < -0.4 is 10.4 Å². The van der Waals surface area contributed by atoms with E-state index in [9.17, 15) is 0 Å². The van der Waals surface area contributed by atoms with Gasteiger partial charge in [0.25, 0.3) is 0 Å². The quantitative estimate of drug-likeness (QED) is 0.745. The Bertz CT molecular complexity index is 1010. The maximum Gasteiger partial charge on any atom is 0.195 e. The van der Waals surface area contributed by atoms with Gasteiger partial charge < -0.3 is 4.57 Å². The van der Waals surface area contributed by atoms with Crippen LogP contribution in [0.15, 0.2) is 54.6 Å². The Labute approximate surface area is 146 Å². The summed E-state index contributed by atoms with van der Waals surface area (Å²) in [6, 6.07) is 19.0. The SMILES string of the molecule is S=c1[nH]nc(C2C=c3ccccc3=CC2)n1CCc1ccccc1. The normalized spacial score (nSPS) is 16.1. The first-order valence-corrected chi connectivity index (χ1v) is 8.68. The Morgan fingerprint density at radius 3 is 2.62 bits per heavy atom. The van der Waals surface area contributed by atoms with Crippen molar-refractivity contribution in [1.82, 2.24) is 14.8 Å². The number of aromatic nitrogens is 3. The van der Waals surface area contributed by atoms with Crippen molar-refractivity contribution in [1.29, 1.82) is 0 Å². The summed E-state index contributed by atoms with van der Waals surface area (Å²) in [4.78, 5) is 0. The van der Waals surface area contributed by atoms with Gasteiger partial charge >= 0.3 is 0 Å². The average Bonchev–Trinajstić information content (AvgIpc) is 3.01. The first-order chi connectivity index (χ1) is 11.8. The van der Waals surface area contributed by atoms with Crippen molar-refractivity contribution in [2.24, 2.45) is 0 Å². The van der Waals surface area contributed by atoms with E-state index >= 15 is 0 Å². The molecular weight excluding hydrogens is 314 g/mol. The standard InChI is InChI=1S/C20H19N3S/c24-20-22-21-19(23(20)13-12-15-6-2-1-3-7-15)18-11-10-16-8-4-5-9-17(16)14-18/h1-10,14,18H,11-13H2,(H,22,24).